The van der Waals surface area contributed by atoms with E-state index in [1.807, 2.05) is 13.0 Å². The van der Waals surface area contributed by atoms with Crippen LogP contribution in [0.4, 0.5) is 5.69 Å². The number of carbonyl (C=O) groups excluding carboxylic acids is 1. The molecule has 0 bridgehead atoms. The first-order chi connectivity index (χ1) is 15.3. The second-order valence-corrected chi connectivity index (χ2v) is 8.47. The van der Waals surface area contributed by atoms with Crippen molar-refractivity contribution in [3.63, 3.8) is 0 Å². The molecular weight excluding hydrogens is 490 g/mol. The molecule has 0 spiro atoms. The van der Waals surface area contributed by atoms with Crippen molar-refractivity contribution < 1.29 is 9.53 Å². The van der Waals surface area contributed by atoms with E-state index in [9.17, 15) is 10.1 Å². The standard InChI is InChI=1S/C24H16Cl4N2O2/c1-14-2-5-18(25)11-22(14)30-24(31)17(12-29)8-15-4-7-23(21(28)9-15)32-13-16-3-6-19(26)20(27)10-16/h2-11H,13H2,1H3,(H,30,31)/b17-8+. The van der Waals surface area contributed by atoms with Gasteiger partial charge in [-0.25, -0.2) is 0 Å². The summed E-state index contributed by atoms with van der Waals surface area (Å²) >= 11 is 24.2. The van der Waals surface area contributed by atoms with E-state index in [4.69, 9.17) is 51.1 Å². The zero-order chi connectivity index (χ0) is 23.3. The van der Waals surface area contributed by atoms with E-state index in [1.165, 1.54) is 6.08 Å². The lowest BCUT2D eigenvalue weighted by molar-refractivity contribution is -0.112. The Morgan fingerprint density at radius 1 is 1.00 bits per heavy atom. The fourth-order valence-electron chi connectivity index (χ4n) is 2.75. The first-order valence-electron chi connectivity index (χ1n) is 9.32. The molecule has 0 aliphatic heterocycles. The van der Waals surface area contributed by atoms with Crippen LogP contribution in [-0.2, 0) is 11.4 Å². The van der Waals surface area contributed by atoms with Gasteiger partial charge < -0.3 is 10.1 Å². The van der Waals surface area contributed by atoms with Gasteiger partial charge in [0.2, 0.25) is 0 Å². The average Bonchev–Trinajstić information content (AvgIpc) is 2.76. The Morgan fingerprint density at radius 2 is 1.78 bits per heavy atom. The third-order valence-electron chi connectivity index (χ3n) is 4.46. The van der Waals surface area contributed by atoms with Crippen LogP contribution in [0.1, 0.15) is 16.7 Å². The van der Waals surface area contributed by atoms with Gasteiger partial charge in [0.1, 0.15) is 24.0 Å². The van der Waals surface area contributed by atoms with Crippen molar-refractivity contribution in [1.82, 2.24) is 0 Å². The zero-order valence-electron chi connectivity index (χ0n) is 16.8. The SMILES string of the molecule is Cc1ccc(Cl)cc1NC(=O)/C(C#N)=C/c1ccc(OCc2ccc(Cl)c(Cl)c2)c(Cl)c1. The zero-order valence-corrected chi connectivity index (χ0v) is 19.8. The van der Waals surface area contributed by atoms with E-state index in [0.717, 1.165) is 11.1 Å². The van der Waals surface area contributed by atoms with Crippen molar-refractivity contribution in [2.45, 2.75) is 13.5 Å². The molecule has 4 nitrogen and oxygen atoms in total. The number of ether oxygens (including phenoxy) is 1. The van der Waals surface area contributed by atoms with Gasteiger partial charge in [0.15, 0.2) is 0 Å². The van der Waals surface area contributed by atoms with Crippen molar-refractivity contribution >= 4 is 64.1 Å². The number of hydrogen-bond acceptors (Lipinski definition) is 3. The quantitative estimate of drug-likeness (QED) is 0.275. The second kappa shape index (κ2) is 10.8. The lowest BCUT2D eigenvalue weighted by Crippen LogP contribution is -2.14. The molecule has 0 heterocycles. The van der Waals surface area contributed by atoms with Crippen LogP contribution in [-0.4, -0.2) is 5.91 Å². The number of aryl methyl sites for hydroxylation is 1. The molecule has 162 valence electrons. The van der Waals surface area contributed by atoms with Gasteiger partial charge in [0.25, 0.3) is 5.91 Å². The van der Waals surface area contributed by atoms with Gasteiger partial charge in [-0.2, -0.15) is 5.26 Å². The molecule has 3 aromatic rings. The maximum atomic E-state index is 12.6. The molecule has 0 aliphatic carbocycles. The number of nitriles is 1. The van der Waals surface area contributed by atoms with Gasteiger partial charge >= 0.3 is 0 Å². The number of halogens is 4. The summed E-state index contributed by atoms with van der Waals surface area (Å²) in [5.41, 5.74) is 2.69. The third kappa shape index (κ3) is 6.18. The number of benzene rings is 3. The van der Waals surface area contributed by atoms with E-state index in [-0.39, 0.29) is 12.2 Å². The van der Waals surface area contributed by atoms with Crippen LogP contribution in [0.15, 0.2) is 60.2 Å². The summed E-state index contributed by atoms with van der Waals surface area (Å²) in [7, 11) is 0. The number of nitrogens with zero attached hydrogens (tertiary/aromatic N) is 1. The van der Waals surface area contributed by atoms with Gasteiger partial charge in [-0.05, 0) is 66.1 Å². The highest BCUT2D eigenvalue weighted by molar-refractivity contribution is 6.42. The van der Waals surface area contributed by atoms with E-state index in [2.05, 4.69) is 5.32 Å². The number of hydrogen-bond donors (Lipinski definition) is 1. The van der Waals surface area contributed by atoms with Gasteiger partial charge in [-0.15, -0.1) is 0 Å². The average molecular weight is 506 g/mol. The Hall–Kier alpha value is -2.68. The number of amides is 1. The fourth-order valence-corrected chi connectivity index (χ4v) is 3.48. The lowest BCUT2D eigenvalue weighted by atomic mass is 10.1. The molecule has 0 unspecified atom stereocenters. The van der Waals surface area contributed by atoms with Crippen LogP contribution in [0.3, 0.4) is 0 Å². The largest absolute Gasteiger partial charge is 0.487 e. The minimum absolute atomic E-state index is 0.0788. The highest BCUT2D eigenvalue weighted by Gasteiger charge is 2.12. The molecule has 1 N–H and O–H groups in total. The molecule has 0 saturated heterocycles. The summed E-state index contributed by atoms with van der Waals surface area (Å²) in [6, 6.07) is 17.2. The first kappa shape index (κ1) is 24.0. The van der Waals surface area contributed by atoms with Crippen LogP contribution in [0.2, 0.25) is 20.1 Å². The maximum Gasteiger partial charge on any atom is 0.266 e. The van der Waals surface area contributed by atoms with Crippen molar-refractivity contribution in [3.05, 3.63) is 97.0 Å². The van der Waals surface area contributed by atoms with E-state index < -0.39 is 5.91 Å². The second-order valence-electron chi connectivity index (χ2n) is 6.81. The molecule has 0 aromatic heterocycles. The number of anilines is 1. The highest BCUT2D eigenvalue weighted by Crippen LogP contribution is 2.29. The molecule has 0 atom stereocenters. The highest BCUT2D eigenvalue weighted by atomic mass is 35.5. The van der Waals surface area contributed by atoms with Crippen molar-refractivity contribution in [1.29, 1.82) is 5.26 Å². The van der Waals surface area contributed by atoms with E-state index in [1.54, 1.807) is 54.6 Å². The van der Waals surface area contributed by atoms with Gasteiger partial charge in [-0.3, -0.25) is 4.79 Å². The Balaban J connectivity index is 1.73. The lowest BCUT2D eigenvalue weighted by Gasteiger charge is -2.10. The Kier molecular flexibility index (Phi) is 8.06. The minimum atomic E-state index is -0.547. The van der Waals surface area contributed by atoms with Crippen LogP contribution < -0.4 is 10.1 Å². The van der Waals surface area contributed by atoms with Crippen molar-refractivity contribution in [2.24, 2.45) is 0 Å². The van der Waals surface area contributed by atoms with Crippen molar-refractivity contribution in [3.8, 4) is 11.8 Å². The molecule has 0 radical (unpaired) electrons. The molecule has 0 fully saturated rings. The first-order valence-corrected chi connectivity index (χ1v) is 10.8. The maximum absolute atomic E-state index is 12.6. The molecule has 0 saturated carbocycles. The smallest absolute Gasteiger partial charge is 0.266 e. The predicted octanol–water partition coefficient (Wildman–Crippen LogP) is 7.73. The molecule has 0 aliphatic rings. The van der Waals surface area contributed by atoms with Gasteiger partial charge in [0.05, 0.1) is 15.1 Å². The fraction of sp³-hybridized carbons (Fsp3) is 0.0833. The summed E-state index contributed by atoms with van der Waals surface area (Å²) in [6.45, 7) is 2.08. The van der Waals surface area contributed by atoms with Crippen molar-refractivity contribution in [2.75, 3.05) is 5.32 Å². The topological polar surface area (TPSA) is 62.1 Å². The van der Waals surface area contributed by atoms with E-state index in [0.29, 0.717) is 37.1 Å². The molecule has 3 aromatic carbocycles. The van der Waals surface area contributed by atoms with Crippen LogP contribution in [0.25, 0.3) is 6.08 Å². The molecular formula is C24H16Cl4N2O2. The summed E-state index contributed by atoms with van der Waals surface area (Å²) < 4.78 is 5.74. The summed E-state index contributed by atoms with van der Waals surface area (Å²) in [5, 5.41) is 13.9. The molecule has 8 heteroatoms. The van der Waals surface area contributed by atoms with Crippen LogP contribution in [0.5, 0.6) is 5.75 Å². The third-order valence-corrected chi connectivity index (χ3v) is 5.73. The molecule has 3 rings (SSSR count). The Bertz CT molecular complexity index is 1250. The summed E-state index contributed by atoms with van der Waals surface area (Å²) in [6.07, 6.45) is 1.45. The molecule has 1 amide bonds. The number of nitrogens with one attached hydrogen (secondary N) is 1. The minimum Gasteiger partial charge on any atom is -0.487 e. The summed E-state index contributed by atoms with van der Waals surface area (Å²) in [5.74, 6) is -0.0960. The van der Waals surface area contributed by atoms with Gasteiger partial charge in [0, 0.05) is 10.7 Å². The monoisotopic (exact) mass is 504 g/mol. The van der Waals surface area contributed by atoms with Gasteiger partial charge in [-0.1, -0.05) is 64.6 Å². The predicted molar refractivity (Wildman–Crippen MR) is 131 cm³/mol. The van der Waals surface area contributed by atoms with Crippen LogP contribution >= 0.6 is 46.4 Å². The molecule has 32 heavy (non-hydrogen) atoms. The van der Waals surface area contributed by atoms with E-state index >= 15 is 0 Å². The van der Waals surface area contributed by atoms with Crippen LogP contribution in [0, 0.1) is 18.3 Å². The number of carbonyl (C=O) groups is 1. The normalized spacial score (nSPS) is 11.1. The Labute approximate surface area is 205 Å². The number of rotatable bonds is 6. The summed E-state index contributed by atoms with van der Waals surface area (Å²) in [4.78, 5) is 12.6. The Morgan fingerprint density at radius 3 is 2.47 bits per heavy atom.